The minimum Gasteiger partial charge on any atom is -0.464 e. The second kappa shape index (κ2) is 4.84. The molecule has 0 saturated carbocycles. The molecule has 0 atom stereocenters. The number of para-hydroxylation sites is 1. The van der Waals surface area contributed by atoms with Gasteiger partial charge in [-0.3, -0.25) is 9.63 Å². The molecule has 0 bridgehead atoms. The molecule has 0 aliphatic carbocycles. The Bertz CT molecular complexity index is 557. The third kappa shape index (κ3) is 2.37. The maximum absolute atomic E-state index is 11.5. The predicted molar refractivity (Wildman–Crippen MR) is 65.0 cm³/mol. The zero-order valence-electron chi connectivity index (χ0n) is 9.71. The molecule has 0 aliphatic heterocycles. The van der Waals surface area contributed by atoms with Crippen LogP contribution in [0.3, 0.4) is 0 Å². The van der Waals surface area contributed by atoms with Crippen LogP contribution in [0, 0.1) is 0 Å². The first-order valence-corrected chi connectivity index (χ1v) is 5.18. The lowest BCUT2D eigenvalue weighted by Gasteiger charge is -2.09. The molecule has 0 saturated heterocycles. The number of hydrogen-bond acceptors (Lipinski definition) is 3. The molecule has 0 aliphatic rings. The summed E-state index contributed by atoms with van der Waals surface area (Å²) >= 11 is 0. The molecule has 0 spiro atoms. The van der Waals surface area contributed by atoms with Crippen molar-refractivity contribution >= 4 is 23.0 Å². The number of carbonyl (C=O) groups is 1. The zero-order chi connectivity index (χ0) is 12.3. The molecule has 1 aromatic heterocycles. The van der Waals surface area contributed by atoms with E-state index in [1.54, 1.807) is 19.4 Å². The predicted octanol–water partition coefficient (Wildman–Crippen LogP) is 2.47. The lowest BCUT2D eigenvalue weighted by atomic mass is 10.1. The van der Waals surface area contributed by atoms with E-state index < -0.39 is 0 Å². The Morgan fingerprint density at radius 1 is 1.41 bits per heavy atom. The van der Waals surface area contributed by atoms with Crippen LogP contribution in [0.4, 0.5) is 0 Å². The van der Waals surface area contributed by atoms with Gasteiger partial charge >= 0.3 is 0 Å². The number of furan rings is 1. The van der Waals surface area contributed by atoms with Gasteiger partial charge in [0, 0.05) is 24.1 Å². The molecule has 0 radical (unpaired) electrons. The van der Waals surface area contributed by atoms with E-state index in [2.05, 4.69) is 0 Å². The van der Waals surface area contributed by atoms with Crippen LogP contribution in [0.2, 0.25) is 0 Å². The Morgan fingerprint density at radius 2 is 2.24 bits per heavy atom. The van der Waals surface area contributed by atoms with Crippen LogP contribution in [0.5, 0.6) is 0 Å². The number of amides is 1. The highest BCUT2D eigenvalue weighted by molar-refractivity contribution is 5.94. The molecule has 2 aromatic rings. The minimum atomic E-state index is -0.226. The number of rotatable bonds is 3. The van der Waals surface area contributed by atoms with Gasteiger partial charge in [-0.1, -0.05) is 18.2 Å². The van der Waals surface area contributed by atoms with Crippen LogP contribution < -0.4 is 0 Å². The smallest absolute Gasteiger partial charge is 0.269 e. The van der Waals surface area contributed by atoms with Crippen LogP contribution in [0.1, 0.15) is 5.56 Å². The SMILES string of the molecule is CON(C)C(=O)C=Cc1cccc2ccoc12. The highest BCUT2D eigenvalue weighted by atomic mass is 16.7. The second-order valence-corrected chi connectivity index (χ2v) is 3.54. The monoisotopic (exact) mass is 231 g/mol. The van der Waals surface area contributed by atoms with Crippen molar-refractivity contribution in [2.75, 3.05) is 14.2 Å². The first-order chi connectivity index (χ1) is 8.22. The molecular weight excluding hydrogens is 218 g/mol. The fourth-order valence-electron chi connectivity index (χ4n) is 1.50. The lowest BCUT2D eigenvalue weighted by Crippen LogP contribution is -2.22. The van der Waals surface area contributed by atoms with Gasteiger partial charge in [-0.25, -0.2) is 5.06 Å². The first kappa shape index (κ1) is 11.4. The van der Waals surface area contributed by atoms with Gasteiger partial charge in [0.1, 0.15) is 5.58 Å². The Morgan fingerprint density at radius 3 is 3.00 bits per heavy atom. The molecule has 0 fully saturated rings. The second-order valence-electron chi connectivity index (χ2n) is 3.54. The Balaban J connectivity index is 2.26. The minimum absolute atomic E-state index is 0.226. The standard InChI is InChI=1S/C13H13NO3/c1-14(16-2)12(15)7-6-10-4-3-5-11-8-9-17-13(10)11/h3-9H,1-2H3. The molecule has 88 valence electrons. The summed E-state index contributed by atoms with van der Waals surface area (Å²) < 4.78 is 5.36. The van der Waals surface area contributed by atoms with Crippen molar-refractivity contribution in [3.05, 3.63) is 42.2 Å². The first-order valence-electron chi connectivity index (χ1n) is 5.18. The molecule has 0 unspecified atom stereocenters. The van der Waals surface area contributed by atoms with Crippen molar-refractivity contribution in [2.24, 2.45) is 0 Å². The summed E-state index contributed by atoms with van der Waals surface area (Å²) in [5.41, 5.74) is 1.64. The summed E-state index contributed by atoms with van der Waals surface area (Å²) in [5, 5.41) is 2.17. The third-order valence-corrected chi connectivity index (χ3v) is 2.50. The van der Waals surface area contributed by atoms with Crippen LogP contribution in [0.25, 0.3) is 17.0 Å². The molecule has 4 nitrogen and oxygen atoms in total. The molecule has 0 N–H and O–H groups in total. The van der Waals surface area contributed by atoms with E-state index in [0.717, 1.165) is 21.6 Å². The summed E-state index contributed by atoms with van der Waals surface area (Å²) in [7, 11) is 3.00. The van der Waals surface area contributed by atoms with E-state index in [9.17, 15) is 4.79 Å². The number of hydrogen-bond donors (Lipinski definition) is 0. The molecule has 1 aromatic carbocycles. The summed E-state index contributed by atoms with van der Waals surface area (Å²) in [6.45, 7) is 0. The van der Waals surface area contributed by atoms with E-state index in [4.69, 9.17) is 9.25 Å². The van der Waals surface area contributed by atoms with Crippen LogP contribution in [-0.4, -0.2) is 25.1 Å². The van der Waals surface area contributed by atoms with Crippen molar-refractivity contribution in [3.8, 4) is 0 Å². The number of nitrogens with zero attached hydrogens (tertiary/aromatic N) is 1. The third-order valence-electron chi connectivity index (χ3n) is 2.50. The van der Waals surface area contributed by atoms with Gasteiger partial charge in [-0.05, 0) is 12.1 Å². The van der Waals surface area contributed by atoms with Crippen LogP contribution >= 0.6 is 0 Å². The maximum atomic E-state index is 11.5. The fourth-order valence-corrected chi connectivity index (χ4v) is 1.50. The van der Waals surface area contributed by atoms with Crippen molar-refractivity contribution < 1.29 is 14.0 Å². The van der Waals surface area contributed by atoms with Crippen molar-refractivity contribution in [1.82, 2.24) is 5.06 Å². The molecular formula is C13H13NO3. The summed E-state index contributed by atoms with van der Waals surface area (Å²) in [6.07, 6.45) is 4.79. The van der Waals surface area contributed by atoms with Gasteiger partial charge in [-0.15, -0.1) is 0 Å². The number of hydroxylamine groups is 2. The van der Waals surface area contributed by atoms with Gasteiger partial charge in [0.15, 0.2) is 0 Å². The van der Waals surface area contributed by atoms with Crippen molar-refractivity contribution in [3.63, 3.8) is 0 Å². The van der Waals surface area contributed by atoms with E-state index in [0.29, 0.717) is 0 Å². The Kier molecular flexibility index (Phi) is 3.25. The summed E-state index contributed by atoms with van der Waals surface area (Å²) in [6, 6.07) is 7.65. The largest absolute Gasteiger partial charge is 0.464 e. The van der Waals surface area contributed by atoms with E-state index in [1.807, 2.05) is 24.3 Å². The molecule has 1 amide bonds. The van der Waals surface area contributed by atoms with E-state index >= 15 is 0 Å². The summed E-state index contributed by atoms with van der Waals surface area (Å²) in [5.74, 6) is -0.226. The lowest BCUT2D eigenvalue weighted by molar-refractivity contribution is -0.162. The highest BCUT2D eigenvalue weighted by Crippen LogP contribution is 2.20. The molecule has 2 rings (SSSR count). The zero-order valence-corrected chi connectivity index (χ0v) is 9.71. The normalized spacial score (nSPS) is 11.2. The number of fused-ring (bicyclic) bond motifs is 1. The van der Waals surface area contributed by atoms with Gasteiger partial charge in [0.05, 0.1) is 13.4 Å². The van der Waals surface area contributed by atoms with Gasteiger partial charge in [0.25, 0.3) is 5.91 Å². The average molecular weight is 231 g/mol. The van der Waals surface area contributed by atoms with Gasteiger partial charge in [0.2, 0.25) is 0 Å². The van der Waals surface area contributed by atoms with Gasteiger partial charge < -0.3 is 4.42 Å². The molecule has 1 heterocycles. The quantitative estimate of drug-likeness (QED) is 0.602. The van der Waals surface area contributed by atoms with E-state index in [1.165, 1.54) is 13.2 Å². The highest BCUT2D eigenvalue weighted by Gasteiger charge is 2.04. The van der Waals surface area contributed by atoms with Crippen LogP contribution in [0.15, 0.2) is 41.0 Å². The van der Waals surface area contributed by atoms with Gasteiger partial charge in [-0.2, -0.15) is 0 Å². The number of carbonyl (C=O) groups excluding carboxylic acids is 1. The topological polar surface area (TPSA) is 42.7 Å². The fraction of sp³-hybridized carbons (Fsp3) is 0.154. The Labute approximate surface area is 99.0 Å². The Hall–Kier alpha value is -2.07. The summed E-state index contributed by atoms with van der Waals surface area (Å²) in [4.78, 5) is 16.3. The number of likely N-dealkylation sites (N-methyl/N-ethyl adjacent to an activating group) is 1. The van der Waals surface area contributed by atoms with Crippen molar-refractivity contribution in [1.29, 1.82) is 0 Å². The van der Waals surface area contributed by atoms with Crippen LogP contribution in [-0.2, 0) is 9.63 Å². The molecule has 4 heteroatoms. The molecule has 17 heavy (non-hydrogen) atoms. The maximum Gasteiger partial charge on any atom is 0.269 e. The average Bonchev–Trinajstić information content (AvgIpc) is 2.83. The van der Waals surface area contributed by atoms with Crippen molar-refractivity contribution in [2.45, 2.75) is 0 Å². The van der Waals surface area contributed by atoms with E-state index in [-0.39, 0.29) is 5.91 Å². The number of benzene rings is 1.